The molecular formula is C8H17NaO9. The summed E-state index contributed by atoms with van der Waals surface area (Å²) in [5.41, 5.74) is 0. The largest absolute Gasteiger partial charge is 1.00 e. The molecule has 0 amide bonds. The van der Waals surface area contributed by atoms with Gasteiger partial charge in [0.05, 0.1) is 0 Å². The van der Waals surface area contributed by atoms with Gasteiger partial charge in [0.2, 0.25) is 0 Å². The van der Waals surface area contributed by atoms with Crippen molar-refractivity contribution in [2.24, 2.45) is 0 Å². The topological polar surface area (TPSA) is 179 Å². The van der Waals surface area contributed by atoms with Crippen LogP contribution in [0.15, 0.2) is 0 Å². The number of carbonyl (C=O) groups is 4. The number of aliphatic carboxylic acids is 4. The molecule has 0 heterocycles. The molecule has 0 unspecified atom stereocenters. The van der Waals surface area contributed by atoms with E-state index in [1.54, 1.807) is 0 Å². The second-order valence-corrected chi connectivity index (χ2v) is 2.08. The summed E-state index contributed by atoms with van der Waals surface area (Å²) in [7, 11) is 0. The van der Waals surface area contributed by atoms with Gasteiger partial charge in [-0.25, -0.2) is 0 Å². The first-order valence-electron chi connectivity index (χ1n) is 3.71. The minimum atomic E-state index is -0.833. The van der Waals surface area contributed by atoms with Gasteiger partial charge in [0, 0.05) is 27.7 Å². The molecule has 0 aliphatic carbocycles. The van der Waals surface area contributed by atoms with Gasteiger partial charge in [-0.2, -0.15) is 0 Å². The molecule has 0 aliphatic heterocycles. The van der Waals surface area contributed by atoms with Crippen LogP contribution in [0.3, 0.4) is 0 Å². The maximum atomic E-state index is 9.00. The predicted octanol–water partition coefficient (Wildman–Crippen LogP) is -2.81. The molecule has 104 valence electrons. The molecular weight excluding hydrogens is 263 g/mol. The average Bonchev–Trinajstić information content (AvgIpc) is 1.76. The summed E-state index contributed by atoms with van der Waals surface area (Å²) in [6, 6.07) is 0. The monoisotopic (exact) mass is 280 g/mol. The Labute approximate surface area is 126 Å². The van der Waals surface area contributed by atoms with E-state index < -0.39 is 23.9 Å². The Hall–Kier alpha value is -1.16. The van der Waals surface area contributed by atoms with Crippen molar-refractivity contribution in [2.75, 3.05) is 0 Å². The molecule has 10 heteroatoms. The van der Waals surface area contributed by atoms with Crippen LogP contribution < -0.4 is 29.6 Å². The van der Waals surface area contributed by atoms with Crippen molar-refractivity contribution >= 4 is 23.9 Å². The van der Waals surface area contributed by atoms with Crippen molar-refractivity contribution in [3.05, 3.63) is 0 Å². The molecule has 0 saturated carbocycles. The quantitative estimate of drug-likeness (QED) is 0.340. The van der Waals surface area contributed by atoms with Gasteiger partial charge in [0.15, 0.2) is 0 Å². The van der Waals surface area contributed by atoms with Crippen LogP contribution in [0, 0.1) is 0 Å². The zero-order valence-corrected chi connectivity index (χ0v) is 12.9. The average molecular weight is 280 g/mol. The first kappa shape index (κ1) is 36.0. The predicted molar refractivity (Wildman–Crippen MR) is 55.2 cm³/mol. The molecule has 18 heavy (non-hydrogen) atoms. The van der Waals surface area contributed by atoms with Crippen LogP contribution in [-0.4, -0.2) is 49.8 Å². The van der Waals surface area contributed by atoms with Crippen LogP contribution in [0.25, 0.3) is 0 Å². The van der Waals surface area contributed by atoms with Crippen LogP contribution in [-0.2, 0) is 19.2 Å². The zero-order chi connectivity index (χ0) is 14.3. The van der Waals surface area contributed by atoms with Gasteiger partial charge in [-0.15, -0.1) is 0 Å². The molecule has 0 saturated heterocycles. The van der Waals surface area contributed by atoms with Crippen LogP contribution in [0.5, 0.6) is 0 Å². The van der Waals surface area contributed by atoms with E-state index in [0.717, 1.165) is 27.7 Å². The standard InChI is InChI=1S/4C2H4O2.Na.H2O/c4*1-2(3)4;;/h4*1H3,(H,3,4);;1H2/q;;;;+1;/p-1. The molecule has 0 spiro atoms. The van der Waals surface area contributed by atoms with Crippen LogP contribution in [0.2, 0.25) is 0 Å². The van der Waals surface area contributed by atoms with Crippen molar-refractivity contribution in [2.45, 2.75) is 27.7 Å². The van der Waals surface area contributed by atoms with Gasteiger partial charge in [0.1, 0.15) is 0 Å². The van der Waals surface area contributed by atoms with E-state index in [9.17, 15) is 0 Å². The molecule has 0 radical (unpaired) electrons. The Morgan fingerprint density at radius 3 is 0.556 bits per heavy atom. The summed E-state index contributed by atoms with van der Waals surface area (Å²) >= 11 is 0. The van der Waals surface area contributed by atoms with Crippen molar-refractivity contribution in [3.8, 4) is 0 Å². The smallest absolute Gasteiger partial charge is 0.870 e. The number of hydrogen-bond acceptors (Lipinski definition) is 5. The number of carboxylic acid groups (broad SMARTS) is 4. The molecule has 0 aromatic rings. The third-order valence-corrected chi connectivity index (χ3v) is 0. The maximum Gasteiger partial charge on any atom is 1.00 e. The zero-order valence-electron chi connectivity index (χ0n) is 10.9. The maximum absolute atomic E-state index is 9.00. The molecule has 5 N–H and O–H groups in total. The minimum Gasteiger partial charge on any atom is -0.870 e. The Kier molecular flexibility index (Phi) is 59.3. The molecule has 0 bridgehead atoms. The van der Waals surface area contributed by atoms with E-state index in [4.69, 9.17) is 39.6 Å². The van der Waals surface area contributed by atoms with Crippen LogP contribution >= 0.6 is 0 Å². The van der Waals surface area contributed by atoms with Gasteiger partial charge in [-0.1, -0.05) is 0 Å². The molecule has 0 aliphatic rings. The third kappa shape index (κ3) is 2110. The minimum absolute atomic E-state index is 0. The van der Waals surface area contributed by atoms with Gasteiger partial charge in [-0.3, -0.25) is 19.2 Å². The molecule has 0 atom stereocenters. The summed E-state index contributed by atoms with van der Waals surface area (Å²) in [6.07, 6.45) is 0. The second-order valence-electron chi connectivity index (χ2n) is 2.08. The van der Waals surface area contributed by atoms with Crippen molar-refractivity contribution in [1.29, 1.82) is 0 Å². The van der Waals surface area contributed by atoms with Crippen molar-refractivity contribution in [3.63, 3.8) is 0 Å². The second kappa shape index (κ2) is 29.7. The fourth-order valence-corrected chi connectivity index (χ4v) is 0. The Bertz CT molecular complexity index is 163. The number of rotatable bonds is 0. The molecule has 0 rings (SSSR count). The number of hydrogen-bond donors (Lipinski definition) is 4. The van der Waals surface area contributed by atoms with E-state index in [-0.39, 0.29) is 35.0 Å². The fourth-order valence-electron chi connectivity index (χ4n) is 0. The SMILES string of the molecule is CC(=O)O.CC(=O)O.CC(=O)O.CC(=O)O.[Na+].[OH-]. The van der Waals surface area contributed by atoms with Gasteiger partial charge in [0.25, 0.3) is 23.9 Å². The summed E-state index contributed by atoms with van der Waals surface area (Å²) < 4.78 is 0. The van der Waals surface area contributed by atoms with Gasteiger partial charge >= 0.3 is 29.6 Å². The molecule has 9 nitrogen and oxygen atoms in total. The summed E-state index contributed by atoms with van der Waals surface area (Å²) in [6.45, 7) is 4.33. The number of carboxylic acids is 4. The van der Waals surface area contributed by atoms with Crippen molar-refractivity contribution < 1.29 is 74.6 Å². The normalized spacial score (nSPS) is 5.56. The van der Waals surface area contributed by atoms with Crippen molar-refractivity contribution in [1.82, 2.24) is 0 Å². The summed E-state index contributed by atoms with van der Waals surface area (Å²) in [5, 5.41) is 29.7. The van der Waals surface area contributed by atoms with Crippen LogP contribution in [0.1, 0.15) is 27.7 Å². The Morgan fingerprint density at radius 2 is 0.556 bits per heavy atom. The van der Waals surface area contributed by atoms with E-state index in [1.807, 2.05) is 0 Å². The Balaban J connectivity index is -0.0000000257. The molecule has 0 fully saturated rings. The van der Waals surface area contributed by atoms with Crippen LogP contribution in [0.4, 0.5) is 0 Å². The summed E-state index contributed by atoms with van der Waals surface area (Å²) in [5.74, 6) is -3.33. The fraction of sp³-hybridized carbons (Fsp3) is 0.500. The van der Waals surface area contributed by atoms with E-state index in [1.165, 1.54) is 0 Å². The molecule has 0 aromatic carbocycles. The van der Waals surface area contributed by atoms with Gasteiger partial charge < -0.3 is 25.9 Å². The Morgan fingerprint density at radius 1 is 0.556 bits per heavy atom. The van der Waals surface area contributed by atoms with Gasteiger partial charge in [-0.05, 0) is 0 Å². The van der Waals surface area contributed by atoms with E-state index in [2.05, 4.69) is 0 Å². The van der Waals surface area contributed by atoms with E-state index in [0.29, 0.717) is 0 Å². The first-order valence-corrected chi connectivity index (χ1v) is 3.71. The van der Waals surface area contributed by atoms with E-state index >= 15 is 0 Å². The first-order chi connectivity index (χ1) is 6.93. The molecule has 0 aromatic heterocycles. The summed E-state index contributed by atoms with van der Waals surface area (Å²) in [4.78, 5) is 36.0. The third-order valence-electron chi connectivity index (χ3n) is 0.